The first-order valence-electron chi connectivity index (χ1n) is 7.23. The van der Waals surface area contributed by atoms with E-state index in [1.54, 1.807) is 24.8 Å². The lowest BCUT2D eigenvalue weighted by atomic mass is 10.0. The van der Waals surface area contributed by atoms with Gasteiger partial charge in [-0.25, -0.2) is 4.39 Å². The second-order valence-corrected chi connectivity index (χ2v) is 6.10. The summed E-state index contributed by atoms with van der Waals surface area (Å²) in [5.74, 6) is 0.239. The molecule has 0 saturated heterocycles. The topological polar surface area (TPSA) is 29.5 Å². The third kappa shape index (κ3) is 2.56. The van der Waals surface area contributed by atoms with Crippen molar-refractivity contribution in [3.05, 3.63) is 59.4 Å². The van der Waals surface area contributed by atoms with Crippen molar-refractivity contribution in [3.8, 4) is 5.75 Å². The van der Waals surface area contributed by atoms with E-state index in [2.05, 4.69) is 0 Å². The van der Waals surface area contributed by atoms with Crippen molar-refractivity contribution < 1.29 is 13.9 Å². The zero-order valence-electron chi connectivity index (χ0n) is 12.9. The molecule has 1 amide bonds. The van der Waals surface area contributed by atoms with Crippen molar-refractivity contribution in [3.63, 3.8) is 0 Å². The minimum atomic E-state index is -0.935. The monoisotopic (exact) mass is 299 g/mol. The summed E-state index contributed by atoms with van der Waals surface area (Å²) < 4.78 is 19.2. The van der Waals surface area contributed by atoms with Gasteiger partial charge >= 0.3 is 0 Å². The van der Waals surface area contributed by atoms with Gasteiger partial charge in [0.15, 0.2) is 5.60 Å². The Hall–Kier alpha value is -2.36. The Morgan fingerprint density at radius 3 is 2.68 bits per heavy atom. The molecular formula is C18H18FNO2. The number of amides is 1. The van der Waals surface area contributed by atoms with Crippen molar-refractivity contribution >= 4 is 11.6 Å². The number of nitrogens with zero attached hydrogens (tertiary/aromatic N) is 1. The van der Waals surface area contributed by atoms with Gasteiger partial charge in [-0.05, 0) is 56.2 Å². The molecule has 2 aromatic rings. The second-order valence-electron chi connectivity index (χ2n) is 6.10. The van der Waals surface area contributed by atoms with Crippen LogP contribution in [0.4, 0.5) is 10.1 Å². The largest absolute Gasteiger partial charge is 0.476 e. The molecule has 4 heteroatoms. The Labute approximate surface area is 129 Å². The fourth-order valence-corrected chi connectivity index (χ4v) is 2.65. The number of carbonyl (C=O) groups excluding carboxylic acids is 1. The maximum absolute atomic E-state index is 13.4. The van der Waals surface area contributed by atoms with Crippen LogP contribution in [0.2, 0.25) is 0 Å². The number of rotatable bonds is 2. The molecule has 0 saturated carbocycles. The van der Waals surface area contributed by atoms with Crippen LogP contribution in [0.1, 0.15) is 25.0 Å². The highest BCUT2D eigenvalue weighted by Gasteiger charge is 2.40. The van der Waals surface area contributed by atoms with Crippen LogP contribution in [0.5, 0.6) is 5.75 Å². The number of halogens is 1. The predicted molar refractivity (Wildman–Crippen MR) is 83.5 cm³/mol. The number of ether oxygens (including phenoxy) is 1. The molecule has 22 heavy (non-hydrogen) atoms. The highest BCUT2D eigenvalue weighted by Crippen LogP contribution is 2.39. The third-order valence-electron chi connectivity index (χ3n) is 3.76. The van der Waals surface area contributed by atoms with Crippen molar-refractivity contribution in [2.24, 2.45) is 0 Å². The summed E-state index contributed by atoms with van der Waals surface area (Å²) >= 11 is 0. The minimum absolute atomic E-state index is 0.130. The van der Waals surface area contributed by atoms with E-state index in [1.165, 1.54) is 12.1 Å². The van der Waals surface area contributed by atoms with E-state index in [9.17, 15) is 9.18 Å². The van der Waals surface area contributed by atoms with Crippen LogP contribution in [0.25, 0.3) is 0 Å². The predicted octanol–water partition coefficient (Wildman–Crippen LogP) is 3.84. The molecule has 2 aromatic carbocycles. The van der Waals surface area contributed by atoms with Gasteiger partial charge in [0.25, 0.3) is 5.91 Å². The van der Waals surface area contributed by atoms with Gasteiger partial charge in [0.1, 0.15) is 11.6 Å². The molecule has 3 nitrogen and oxygen atoms in total. The van der Waals surface area contributed by atoms with Gasteiger partial charge < -0.3 is 9.64 Å². The summed E-state index contributed by atoms with van der Waals surface area (Å²) in [6.07, 6.45) is 0. The van der Waals surface area contributed by atoms with Crippen LogP contribution in [-0.2, 0) is 11.3 Å². The van der Waals surface area contributed by atoms with Crippen LogP contribution in [0.3, 0.4) is 0 Å². The molecule has 0 bridgehead atoms. The molecular weight excluding hydrogens is 281 g/mol. The Morgan fingerprint density at radius 1 is 1.18 bits per heavy atom. The van der Waals surface area contributed by atoms with E-state index in [0.717, 1.165) is 16.8 Å². The van der Waals surface area contributed by atoms with Crippen molar-refractivity contribution in [2.45, 2.75) is 32.9 Å². The van der Waals surface area contributed by atoms with E-state index in [0.29, 0.717) is 12.3 Å². The Kier molecular flexibility index (Phi) is 3.39. The zero-order chi connectivity index (χ0) is 15.9. The summed E-state index contributed by atoms with van der Waals surface area (Å²) in [5, 5.41) is 0. The van der Waals surface area contributed by atoms with E-state index < -0.39 is 5.60 Å². The van der Waals surface area contributed by atoms with Crippen molar-refractivity contribution in [1.29, 1.82) is 0 Å². The lowest BCUT2D eigenvalue weighted by molar-refractivity contribution is -0.132. The van der Waals surface area contributed by atoms with Crippen LogP contribution in [0.15, 0.2) is 42.5 Å². The summed E-state index contributed by atoms with van der Waals surface area (Å²) in [7, 11) is 0. The van der Waals surface area contributed by atoms with Crippen LogP contribution in [0, 0.1) is 12.7 Å². The number of anilines is 1. The molecule has 0 spiro atoms. The molecule has 0 unspecified atom stereocenters. The van der Waals surface area contributed by atoms with E-state index in [1.807, 2.05) is 31.2 Å². The summed E-state index contributed by atoms with van der Waals surface area (Å²) in [5.41, 5.74) is 1.58. The molecule has 1 heterocycles. The smallest absolute Gasteiger partial charge is 0.271 e. The first-order chi connectivity index (χ1) is 10.4. The lowest BCUT2D eigenvalue weighted by Gasteiger charge is -2.39. The maximum atomic E-state index is 13.4. The summed E-state index contributed by atoms with van der Waals surface area (Å²) in [4.78, 5) is 14.4. The number of hydrogen-bond acceptors (Lipinski definition) is 2. The maximum Gasteiger partial charge on any atom is 0.271 e. The van der Waals surface area contributed by atoms with Gasteiger partial charge in [-0.15, -0.1) is 0 Å². The number of carbonyl (C=O) groups is 1. The third-order valence-corrected chi connectivity index (χ3v) is 3.76. The molecule has 0 aliphatic carbocycles. The van der Waals surface area contributed by atoms with Gasteiger partial charge in [0.05, 0.1) is 12.2 Å². The van der Waals surface area contributed by atoms with Crippen molar-refractivity contribution in [2.75, 3.05) is 4.90 Å². The first-order valence-corrected chi connectivity index (χ1v) is 7.23. The summed E-state index contributed by atoms with van der Waals surface area (Å²) in [6, 6.07) is 12.0. The lowest BCUT2D eigenvalue weighted by Crippen LogP contribution is -2.52. The van der Waals surface area contributed by atoms with Gasteiger partial charge in [-0.1, -0.05) is 18.2 Å². The average Bonchev–Trinajstić information content (AvgIpc) is 2.45. The van der Waals surface area contributed by atoms with Crippen LogP contribution in [-0.4, -0.2) is 11.5 Å². The molecule has 0 fully saturated rings. The SMILES string of the molecule is Cc1ccc2c(c1)N(Cc1cccc(F)c1)C(=O)C(C)(C)O2. The Morgan fingerprint density at radius 2 is 1.95 bits per heavy atom. The van der Waals surface area contributed by atoms with Crippen molar-refractivity contribution in [1.82, 2.24) is 0 Å². The van der Waals surface area contributed by atoms with Gasteiger partial charge in [0.2, 0.25) is 0 Å². The second kappa shape index (κ2) is 5.13. The Bertz CT molecular complexity index is 740. The molecule has 114 valence electrons. The first kappa shape index (κ1) is 14.6. The molecule has 0 aromatic heterocycles. The van der Waals surface area contributed by atoms with Crippen LogP contribution < -0.4 is 9.64 Å². The van der Waals surface area contributed by atoms with E-state index in [4.69, 9.17) is 4.74 Å². The molecule has 1 aliphatic heterocycles. The van der Waals surface area contributed by atoms with Crippen LogP contribution >= 0.6 is 0 Å². The number of hydrogen-bond donors (Lipinski definition) is 0. The Balaban J connectivity index is 2.04. The fourth-order valence-electron chi connectivity index (χ4n) is 2.65. The van der Waals surface area contributed by atoms with Gasteiger partial charge in [-0.3, -0.25) is 4.79 Å². The molecule has 1 aliphatic rings. The average molecular weight is 299 g/mol. The van der Waals surface area contributed by atoms with Gasteiger partial charge in [0, 0.05) is 0 Å². The highest BCUT2D eigenvalue weighted by molar-refractivity contribution is 6.02. The normalized spacial score (nSPS) is 16.2. The fraction of sp³-hybridized carbons (Fsp3) is 0.278. The standard InChI is InChI=1S/C18H18FNO2/c1-12-7-8-16-15(9-12)20(17(21)18(2,3)22-16)11-13-5-4-6-14(19)10-13/h4-10H,11H2,1-3H3. The van der Waals surface area contributed by atoms with E-state index >= 15 is 0 Å². The highest BCUT2D eigenvalue weighted by atomic mass is 19.1. The quantitative estimate of drug-likeness (QED) is 0.843. The molecule has 0 atom stereocenters. The summed E-state index contributed by atoms with van der Waals surface area (Å²) in [6.45, 7) is 5.78. The minimum Gasteiger partial charge on any atom is -0.476 e. The number of fused-ring (bicyclic) bond motifs is 1. The number of aryl methyl sites for hydroxylation is 1. The molecule has 0 radical (unpaired) electrons. The molecule has 3 rings (SSSR count). The molecule has 0 N–H and O–H groups in total. The van der Waals surface area contributed by atoms with Gasteiger partial charge in [-0.2, -0.15) is 0 Å². The number of benzene rings is 2. The van der Waals surface area contributed by atoms with E-state index in [-0.39, 0.29) is 11.7 Å². The zero-order valence-corrected chi connectivity index (χ0v) is 12.9.